The topological polar surface area (TPSA) is 46.1 Å². The number of rotatable bonds is 0. The van der Waals surface area contributed by atoms with Gasteiger partial charge in [-0.25, -0.2) is 0 Å². The van der Waals surface area contributed by atoms with Gasteiger partial charge < -0.3 is 10.2 Å². The summed E-state index contributed by atoms with van der Waals surface area (Å²) in [6.45, 7) is 3.14. The van der Waals surface area contributed by atoms with Gasteiger partial charge in [0.25, 0.3) is 0 Å². The first-order valence-electron chi connectivity index (χ1n) is 1.99. The van der Waals surface area contributed by atoms with E-state index in [0.29, 0.717) is 0 Å². The molecule has 0 rings (SSSR count). The van der Waals surface area contributed by atoms with E-state index in [2.05, 4.69) is 0 Å². The van der Waals surface area contributed by atoms with Gasteiger partial charge in [0.2, 0.25) is 0 Å². The molecule has 7 heavy (non-hydrogen) atoms. The standard InChI is InChI=1S/2C2H5O.Zr/c2*1-2-3;/h2*2H2,1H3;/q2*-1;+4. The van der Waals surface area contributed by atoms with Crippen LogP contribution < -0.4 is 10.2 Å². The molecule has 0 bridgehead atoms. The first-order valence-corrected chi connectivity index (χ1v) is 1.99. The van der Waals surface area contributed by atoms with Gasteiger partial charge in [-0.3, -0.25) is 0 Å². The zero-order valence-electron chi connectivity index (χ0n) is 4.73. The van der Waals surface area contributed by atoms with Crippen LogP contribution in [0.3, 0.4) is 0 Å². The molecule has 0 saturated heterocycles. The number of hydrogen-bond donors (Lipinski definition) is 0. The van der Waals surface area contributed by atoms with Crippen LogP contribution in [0.4, 0.5) is 0 Å². The Kier molecular flexibility index (Phi) is 65.2. The molecule has 0 heterocycles. The van der Waals surface area contributed by atoms with Crippen molar-refractivity contribution >= 4 is 0 Å². The Balaban J connectivity index is -0.0000000400. The number of hydrogen-bond acceptors (Lipinski definition) is 2. The summed E-state index contributed by atoms with van der Waals surface area (Å²) in [7, 11) is 0. The summed E-state index contributed by atoms with van der Waals surface area (Å²) < 4.78 is 0. The average molecular weight is 181 g/mol. The smallest absolute Gasteiger partial charge is 0.855 e. The zero-order chi connectivity index (χ0) is 5.41. The van der Waals surface area contributed by atoms with Crippen LogP contribution in [0.5, 0.6) is 0 Å². The molecule has 0 atom stereocenters. The molecule has 0 fully saturated rings. The van der Waals surface area contributed by atoms with Crippen LogP contribution in [0, 0.1) is 0 Å². The second-order valence-electron chi connectivity index (χ2n) is 0.577. The fraction of sp³-hybridized carbons (Fsp3) is 1.00. The Hall–Kier alpha value is 0.803. The predicted octanol–water partition coefficient (Wildman–Crippen LogP) is -1.27. The molecule has 0 aromatic heterocycles. The van der Waals surface area contributed by atoms with E-state index in [9.17, 15) is 0 Å². The van der Waals surface area contributed by atoms with Gasteiger partial charge in [0.15, 0.2) is 0 Å². The van der Waals surface area contributed by atoms with Crippen LogP contribution >= 0.6 is 0 Å². The largest absolute Gasteiger partial charge is 4.00 e. The maximum Gasteiger partial charge on any atom is 4.00 e. The summed E-state index contributed by atoms with van der Waals surface area (Å²) in [5.41, 5.74) is 0. The molecule has 0 aromatic rings. The third-order valence-corrected chi connectivity index (χ3v) is 0. The monoisotopic (exact) mass is 180 g/mol. The minimum atomic E-state index is 0. The van der Waals surface area contributed by atoms with Crippen molar-refractivity contribution in [2.45, 2.75) is 13.8 Å². The SMILES string of the molecule is CC[O-].CC[O-].[Zr+4]. The summed E-state index contributed by atoms with van der Waals surface area (Å²) in [5.74, 6) is 0. The zero-order valence-corrected chi connectivity index (χ0v) is 7.19. The summed E-state index contributed by atoms with van der Waals surface area (Å²) in [4.78, 5) is 0. The first-order chi connectivity index (χ1) is 2.83. The van der Waals surface area contributed by atoms with Crippen molar-refractivity contribution in [1.29, 1.82) is 0 Å². The molecule has 0 spiro atoms. The van der Waals surface area contributed by atoms with E-state index in [-0.39, 0.29) is 39.4 Å². The fourth-order valence-electron chi connectivity index (χ4n) is 0. The minimum Gasteiger partial charge on any atom is -0.855 e. The van der Waals surface area contributed by atoms with Crippen LogP contribution in [0.1, 0.15) is 13.8 Å². The van der Waals surface area contributed by atoms with Crippen molar-refractivity contribution in [2.24, 2.45) is 0 Å². The molecule has 0 amide bonds. The molecular weight excluding hydrogens is 171 g/mol. The second-order valence-corrected chi connectivity index (χ2v) is 0.577. The van der Waals surface area contributed by atoms with Crippen molar-refractivity contribution < 1.29 is 36.4 Å². The van der Waals surface area contributed by atoms with Gasteiger partial charge in [0.1, 0.15) is 0 Å². The van der Waals surface area contributed by atoms with E-state index in [1.807, 2.05) is 0 Å². The third kappa shape index (κ3) is 243. The maximum absolute atomic E-state index is 8.93. The van der Waals surface area contributed by atoms with Gasteiger partial charge >= 0.3 is 26.2 Å². The Labute approximate surface area is 63.7 Å². The van der Waals surface area contributed by atoms with Crippen LogP contribution in [0.2, 0.25) is 0 Å². The Bertz CT molecular complexity index is 11.7. The molecule has 0 unspecified atom stereocenters. The van der Waals surface area contributed by atoms with E-state index in [1.165, 1.54) is 0 Å². The summed E-state index contributed by atoms with van der Waals surface area (Å²) in [6, 6.07) is 0. The predicted molar refractivity (Wildman–Crippen MR) is 21.1 cm³/mol. The molecule has 0 N–H and O–H groups in total. The normalized spacial score (nSPS) is 5.14. The molecule has 0 aliphatic carbocycles. The Morgan fingerprint density at radius 3 is 1.00 bits per heavy atom. The van der Waals surface area contributed by atoms with E-state index < -0.39 is 0 Å². The van der Waals surface area contributed by atoms with Crippen LogP contribution in [-0.2, 0) is 26.2 Å². The van der Waals surface area contributed by atoms with Crippen molar-refractivity contribution in [3.8, 4) is 0 Å². The van der Waals surface area contributed by atoms with Gasteiger partial charge in [-0.2, -0.15) is 0 Å². The van der Waals surface area contributed by atoms with Crippen molar-refractivity contribution in [3.05, 3.63) is 0 Å². The second kappa shape index (κ2) is 29.2. The molecule has 40 valence electrons. The maximum atomic E-state index is 8.93. The summed E-state index contributed by atoms with van der Waals surface area (Å²) >= 11 is 0. The molecule has 3 heteroatoms. The minimum absolute atomic E-state index is 0. The molecule has 0 aromatic carbocycles. The molecule has 0 saturated carbocycles. The molecule has 0 radical (unpaired) electrons. The van der Waals surface area contributed by atoms with Crippen LogP contribution in [-0.4, -0.2) is 13.2 Å². The van der Waals surface area contributed by atoms with Crippen molar-refractivity contribution in [3.63, 3.8) is 0 Å². The Morgan fingerprint density at radius 2 is 1.00 bits per heavy atom. The summed E-state index contributed by atoms with van der Waals surface area (Å²) in [5, 5.41) is 17.9. The van der Waals surface area contributed by atoms with Crippen molar-refractivity contribution in [1.82, 2.24) is 0 Å². The summed E-state index contributed by atoms with van der Waals surface area (Å²) in [6.07, 6.45) is 0. The van der Waals surface area contributed by atoms with Gasteiger partial charge in [0, 0.05) is 0 Å². The van der Waals surface area contributed by atoms with E-state index in [1.54, 1.807) is 13.8 Å². The first kappa shape index (κ1) is 15.7. The van der Waals surface area contributed by atoms with Crippen LogP contribution in [0.15, 0.2) is 0 Å². The van der Waals surface area contributed by atoms with E-state index in [0.717, 1.165) is 0 Å². The molecule has 0 aliphatic rings. The van der Waals surface area contributed by atoms with Gasteiger partial charge in [-0.05, 0) is 0 Å². The fourth-order valence-corrected chi connectivity index (χ4v) is 0. The molecular formula is C4H10O2Zr+2. The van der Waals surface area contributed by atoms with Gasteiger partial charge in [0.05, 0.1) is 0 Å². The molecule has 0 aliphatic heterocycles. The van der Waals surface area contributed by atoms with E-state index >= 15 is 0 Å². The van der Waals surface area contributed by atoms with Crippen LogP contribution in [0.25, 0.3) is 0 Å². The average Bonchev–Trinajstić information content (AvgIpc) is 1.39. The van der Waals surface area contributed by atoms with Gasteiger partial charge in [-0.15, -0.1) is 13.2 Å². The van der Waals surface area contributed by atoms with E-state index in [4.69, 9.17) is 10.2 Å². The quantitative estimate of drug-likeness (QED) is 0.468. The third-order valence-electron chi connectivity index (χ3n) is 0. The van der Waals surface area contributed by atoms with Crippen molar-refractivity contribution in [2.75, 3.05) is 13.2 Å². The molecule has 2 nitrogen and oxygen atoms in total. The Morgan fingerprint density at radius 1 is 1.00 bits per heavy atom. The van der Waals surface area contributed by atoms with Gasteiger partial charge in [-0.1, -0.05) is 13.8 Å².